The third-order valence-electron chi connectivity index (χ3n) is 2.74. The molecule has 0 spiro atoms. The maximum Gasteiger partial charge on any atom is 0.124 e. The maximum absolute atomic E-state index is 12.9. The first-order valence-electron chi connectivity index (χ1n) is 5.85. The van der Waals surface area contributed by atoms with Gasteiger partial charge in [-0.3, -0.25) is 0 Å². The highest BCUT2D eigenvalue weighted by Gasteiger charge is 2.07. The lowest BCUT2D eigenvalue weighted by atomic mass is 10.1. The van der Waals surface area contributed by atoms with Crippen LogP contribution in [0.3, 0.4) is 0 Å². The molecule has 2 aromatic rings. The van der Waals surface area contributed by atoms with Crippen LogP contribution >= 0.6 is 11.6 Å². The standard InChI is InChI=1S/C14H15ClFNO/c1-10(7-13-3-2-6-18-13)17-9-11-4-5-12(16)8-14(11)15/h2-6,8,10,17H,7,9H2,1H3. The van der Waals surface area contributed by atoms with E-state index in [0.29, 0.717) is 11.6 Å². The fourth-order valence-corrected chi connectivity index (χ4v) is 1.99. The van der Waals surface area contributed by atoms with Crippen molar-refractivity contribution in [3.63, 3.8) is 0 Å². The Morgan fingerprint density at radius 2 is 2.22 bits per heavy atom. The Morgan fingerprint density at radius 3 is 2.89 bits per heavy atom. The van der Waals surface area contributed by atoms with Crippen molar-refractivity contribution in [3.8, 4) is 0 Å². The zero-order valence-corrected chi connectivity index (χ0v) is 10.9. The number of benzene rings is 1. The van der Waals surface area contributed by atoms with Crippen molar-refractivity contribution in [1.29, 1.82) is 0 Å². The summed E-state index contributed by atoms with van der Waals surface area (Å²) >= 11 is 5.96. The predicted octanol–water partition coefficient (Wildman–Crippen LogP) is 3.79. The molecule has 96 valence electrons. The molecule has 0 radical (unpaired) electrons. The first-order valence-corrected chi connectivity index (χ1v) is 6.22. The summed E-state index contributed by atoms with van der Waals surface area (Å²) in [7, 11) is 0. The highest BCUT2D eigenvalue weighted by atomic mass is 35.5. The number of halogens is 2. The van der Waals surface area contributed by atoms with Crippen LogP contribution in [0.4, 0.5) is 4.39 Å². The summed E-state index contributed by atoms with van der Waals surface area (Å²) in [5, 5.41) is 3.78. The quantitative estimate of drug-likeness (QED) is 0.892. The Balaban J connectivity index is 1.87. The zero-order chi connectivity index (χ0) is 13.0. The summed E-state index contributed by atoms with van der Waals surface area (Å²) in [6.45, 7) is 2.68. The second-order valence-corrected chi connectivity index (χ2v) is 4.71. The van der Waals surface area contributed by atoms with Gasteiger partial charge in [0.15, 0.2) is 0 Å². The van der Waals surface area contributed by atoms with E-state index < -0.39 is 0 Å². The summed E-state index contributed by atoms with van der Waals surface area (Å²) in [4.78, 5) is 0. The van der Waals surface area contributed by atoms with E-state index in [1.807, 2.05) is 12.1 Å². The molecule has 0 amide bonds. The van der Waals surface area contributed by atoms with Gasteiger partial charge in [-0.25, -0.2) is 4.39 Å². The minimum atomic E-state index is -0.313. The van der Waals surface area contributed by atoms with Crippen molar-refractivity contribution in [3.05, 3.63) is 58.8 Å². The first kappa shape index (κ1) is 13.1. The van der Waals surface area contributed by atoms with E-state index in [-0.39, 0.29) is 11.9 Å². The number of nitrogens with one attached hydrogen (secondary N) is 1. The van der Waals surface area contributed by atoms with Gasteiger partial charge in [-0.2, -0.15) is 0 Å². The minimum Gasteiger partial charge on any atom is -0.469 e. The Kier molecular flexibility index (Phi) is 4.39. The van der Waals surface area contributed by atoms with Crippen LogP contribution in [-0.4, -0.2) is 6.04 Å². The molecular weight excluding hydrogens is 253 g/mol. The van der Waals surface area contributed by atoms with E-state index in [4.69, 9.17) is 16.0 Å². The van der Waals surface area contributed by atoms with Crippen LogP contribution in [0.25, 0.3) is 0 Å². The SMILES string of the molecule is CC(Cc1ccco1)NCc1ccc(F)cc1Cl. The predicted molar refractivity (Wildman–Crippen MR) is 70.1 cm³/mol. The summed E-state index contributed by atoms with van der Waals surface area (Å²) in [6.07, 6.45) is 2.48. The van der Waals surface area contributed by atoms with Crippen molar-refractivity contribution in [2.45, 2.75) is 25.9 Å². The van der Waals surface area contributed by atoms with Crippen molar-refractivity contribution in [2.75, 3.05) is 0 Å². The van der Waals surface area contributed by atoms with E-state index in [9.17, 15) is 4.39 Å². The van der Waals surface area contributed by atoms with E-state index in [1.54, 1.807) is 12.3 Å². The summed E-state index contributed by atoms with van der Waals surface area (Å²) < 4.78 is 18.2. The van der Waals surface area contributed by atoms with E-state index in [2.05, 4.69) is 12.2 Å². The Bertz CT molecular complexity index is 499. The van der Waals surface area contributed by atoms with Crippen molar-refractivity contribution >= 4 is 11.6 Å². The van der Waals surface area contributed by atoms with Gasteiger partial charge in [-0.1, -0.05) is 17.7 Å². The lowest BCUT2D eigenvalue weighted by molar-refractivity contribution is 0.456. The molecule has 2 nitrogen and oxygen atoms in total. The maximum atomic E-state index is 12.9. The van der Waals surface area contributed by atoms with Crippen LogP contribution in [0.2, 0.25) is 5.02 Å². The number of hydrogen-bond donors (Lipinski definition) is 1. The molecule has 0 fully saturated rings. The lowest BCUT2D eigenvalue weighted by Crippen LogP contribution is -2.27. The fraction of sp³-hybridized carbons (Fsp3) is 0.286. The van der Waals surface area contributed by atoms with Crippen molar-refractivity contribution in [1.82, 2.24) is 5.32 Å². The molecule has 0 aliphatic heterocycles. The monoisotopic (exact) mass is 267 g/mol. The van der Waals surface area contributed by atoms with Crippen LogP contribution in [-0.2, 0) is 13.0 Å². The molecule has 1 atom stereocenters. The molecule has 4 heteroatoms. The average Bonchev–Trinajstić information content (AvgIpc) is 2.80. The summed E-state index contributed by atoms with van der Waals surface area (Å²) in [6, 6.07) is 8.53. The van der Waals surface area contributed by atoms with Crippen molar-refractivity contribution < 1.29 is 8.81 Å². The molecule has 0 saturated heterocycles. The largest absolute Gasteiger partial charge is 0.469 e. The number of rotatable bonds is 5. The van der Waals surface area contributed by atoms with Gasteiger partial charge in [0.25, 0.3) is 0 Å². The molecule has 1 aromatic carbocycles. The van der Waals surface area contributed by atoms with Gasteiger partial charge in [0.2, 0.25) is 0 Å². The molecule has 0 aliphatic carbocycles. The Morgan fingerprint density at radius 1 is 1.39 bits per heavy atom. The highest BCUT2D eigenvalue weighted by Crippen LogP contribution is 2.17. The van der Waals surface area contributed by atoms with Gasteiger partial charge in [-0.05, 0) is 36.8 Å². The molecule has 1 heterocycles. The molecule has 2 rings (SSSR count). The first-order chi connectivity index (χ1) is 8.65. The molecule has 0 bridgehead atoms. The normalized spacial score (nSPS) is 12.6. The number of hydrogen-bond acceptors (Lipinski definition) is 2. The van der Waals surface area contributed by atoms with E-state index >= 15 is 0 Å². The Labute approximate surface area is 111 Å². The van der Waals surface area contributed by atoms with Crippen LogP contribution in [0.1, 0.15) is 18.2 Å². The van der Waals surface area contributed by atoms with Gasteiger partial charge >= 0.3 is 0 Å². The topological polar surface area (TPSA) is 25.2 Å². The number of furan rings is 1. The van der Waals surface area contributed by atoms with E-state index in [1.165, 1.54) is 12.1 Å². The van der Waals surface area contributed by atoms with Gasteiger partial charge in [-0.15, -0.1) is 0 Å². The second kappa shape index (κ2) is 6.03. The van der Waals surface area contributed by atoms with Gasteiger partial charge in [0.1, 0.15) is 11.6 Å². The third kappa shape index (κ3) is 3.59. The molecule has 18 heavy (non-hydrogen) atoms. The van der Waals surface area contributed by atoms with Crippen LogP contribution in [0, 0.1) is 5.82 Å². The molecule has 1 aromatic heterocycles. The molecular formula is C14H15ClFNO. The minimum absolute atomic E-state index is 0.261. The molecule has 0 saturated carbocycles. The van der Waals surface area contributed by atoms with E-state index in [0.717, 1.165) is 17.7 Å². The summed E-state index contributed by atoms with van der Waals surface area (Å²) in [5.74, 6) is 0.632. The van der Waals surface area contributed by atoms with Crippen molar-refractivity contribution in [2.24, 2.45) is 0 Å². The molecule has 1 unspecified atom stereocenters. The average molecular weight is 268 g/mol. The van der Waals surface area contributed by atoms with Crippen LogP contribution in [0.5, 0.6) is 0 Å². The third-order valence-corrected chi connectivity index (χ3v) is 3.10. The summed E-state index contributed by atoms with van der Waals surface area (Å²) in [5.41, 5.74) is 0.893. The zero-order valence-electron chi connectivity index (χ0n) is 10.1. The van der Waals surface area contributed by atoms with Gasteiger partial charge in [0.05, 0.1) is 6.26 Å². The van der Waals surface area contributed by atoms with Crippen LogP contribution in [0.15, 0.2) is 41.0 Å². The fourth-order valence-electron chi connectivity index (χ4n) is 1.75. The smallest absolute Gasteiger partial charge is 0.124 e. The molecule has 1 N–H and O–H groups in total. The second-order valence-electron chi connectivity index (χ2n) is 4.30. The van der Waals surface area contributed by atoms with Gasteiger partial charge < -0.3 is 9.73 Å². The lowest BCUT2D eigenvalue weighted by Gasteiger charge is -2.13. The highest BCUT2D eigenvalue weighted by molar-refractivity contribution is 6.31. The molecule has 0 aliphatic rings. The Hall–Kier alpha value is -1.32. The van der Waals surface area contributed by atoms with Crippen LogP contribution < -0.4 is 5.32 Å². The van der Waals surface area contributed by atoms with Gasteiger partial charge in [0, 0.05) is 24.0 Å².